The van der Waals surface area contributed by atoms with Crippen molar-refractivity contribution in [2.45, 2.75) is 31.7 Å². The number of hydrogen-bond acceptors (Lipinski definition) is 4. The molecular formula is C23H22N4S. The summed E-state index contributed by atoms with van der Waals surface area (Å²) in [6.45, 7) is 0. The number of nitriles is 1. The maximum Gasteiger partial charge on any atom is 0.195 e. The van der Waals surface area contributed by atoms with Crippen molar-refractivity contribution in [3.05, 3.63) is 89.1 Å². The van der Waals surface area contributed by atoms with Gasteiger partial charge in [0.15, 0.2) is 4.96 Å². The summed E-state index contributed by atoms with van der Waals surface area (Å²) < 4.78 is 2.07. The third-order valence-electron chi connectivity index (χ3n) is 4.86. The molecule has 0 aliphatic carbocycles. The van der Waals surface area contributed by atoms with Crippen LogP contribution in [0, 0.1) is 11.3 Å². The van der Waals surface area contributed by atoms with E-state index in [1.165, 1.54) is 11.1 Å². The average molecular weight is 387 g/mol. The second-order valence-electron chi connectivity index (χ2n) is 6.80. The second-order valence-corrected chi connectivity index (χ2v) is 7.67. The summed E-state index contributed by atoms with van der Waals surface area (Å²) >= 11 is 1.62. The van der Waals surface area contributed by atoms with E-state index in [4.69, 9.17) is 4.98 Å². The highest BCUT2D eigenvalue weighted by atomic mass is 32.1. The Morgan fingerprint density at radius 2 is 1.64 bits per heavy atom. The van der Waals surface area contributed by atoms with Gasteiger partial charge in [0.2, 0.25) is 0 Å². The number of thiazole rings is 1. The number of nitrogens with zero attached hydrogens (tertiary/aromatic N) is 3. The zero-order valence-corrected chi connectivity index (χ0v) is 16.4. The van der Waals surface area contributed by atoms with E-state index < -0.39 is 0 Å². The van der Waals surface area contributed by atoms with E-state index in [0.717, 1.165) is 42.2 Å². The van der Waals surface area contributed by atoms with Crippen LogP contribution in [0.5, 0.6) is 0 Å². The summed E-state index contributed by atoms with van der Waals surface area (Å²) in [5.41, 5.74) is 3.57. The number of benzene rings is 2. The fraction of sp³-hybridized carbons (Fsp3) is 0.217. The Labute approximate surface area is 169 Å². The molecule has 0 spiro atoms. The summed E-state index contributed by atoms with van der Waals surface area (Å²) in [4.78, 5) is 5.77. The van der Waals surface area contributed by atoms with Crippen LogP contribution < -0.4 is 5.32 Å². The largest absolute Gasteiger partial charge is 0.354 e. The summed E-state index contributed by atoms with van der Waals surface area (Å²) in [5, 5.41) is 15.2. The van der Waals surface area contributed by atoms with Gasteiger partial charge < -0.3 is 5.32 Å². The van der Waals surface area contributed by atoms with Gasteiger partial charge in [-0.2, -0.15) is 5.26 Å². The fourth-order valence-corrected chi connectivity index (χ4v) is 4.09. The highest BCUT2D eigenvalue weighted by Crippen LogP contribution is 2.24. The number of anilines is 1. The Bertz CT molecular complexity index is 1060. The van der Waals surface area contributed by atoms with Crippen LogP contribution >= 0.6 is 11.3 Å². The molecule has 28 heavy (non-hydrogen) atoms. The van der Waals surface area contributed by atoms with Gasteiger partial charge in [-0.25, -0.2) is 4.98 Å². The van der Waals surface area contributed by atoms with Crippen molar-refractivity contribution >= 4 is 22.1 Å². The SMILES string of the molecule is N#CC(CCc1ccccc1)Nc1c(CCc2ccccc2)nc2sccn12. The van der Waals surface area contributed by atoms with Crippen LogP contribution in [0.25, 0.3) is 4.96 Å². The molecule has 4 aromatic rings. The van der Waals surface area contributed by atoms with E-state index >= 15 is 0 Å². The van der Waals surface area contributed by atoms with Crippen molar-refractivity contribution in [2.75, 3.05) is 5.32 Å². The first kappa shape index (κ1) is 18.3. The van der Waals surface area contributed by atoms with Gasteiger partial charge in [0, 0.05) is 11.6 Å². The minimum Gasteiger partial charge on any atom is -0.354 e. The van der Waals surface area contributed by atoms with Gasteiger partial charge in [0.1, 0.15) is 11.9 Å². The summed E-state index contributed by atoms with van der Waals surface area (Å²) in [6.07, 6.45) is 5.43. The van der Waals surface area contributed by atoms with Gasteiger partial charge in [-0.3, -0.25) is 4.40 Å². The molecule has 0 amide bonds. The van der Waals surface area contributed by atoms with Crippen LogP contribution in [0.15, 0.2) is 72.2 Å². The lowest BCUT2D eigenvalue weighted by molar-refractivity contribution is 0.761. The average Bonchev–Trinajstić information content (AvgIpc) is 3.33. The van der Waals surface area contributed by atoms with E-state index in [0.29, 0.717) is 0 Å². The molecule has 0 aliphatic heterocycles. The number of aryl methyl sites for hydroxylation is 3. The predicted octanol–water partition coefficient (Wildman–Crippen LogP) is 5.12. The molecule has 4 rings (SSSR count). The van der Waals surface area contributed by atoms with Crippen molar-refractivity contribution in [1.29, 1.82) is 5.26 Å². The number of hydrogen-bond donors (Lipinski definition) is 1. The number of fused-ring (bicyclic) bond motifs is 1. The van der Waals surface area contributed by atoms with E-state index in [1.54, 1.807) is 11.3 Å². The summed E-state index contributed by atoms with van der Waals surface area (Å²) in [6, 6.07) is 22.9. The lowest BCUT2D eigenvalue weighted by Gasteiger charge is -2.14. The van der Waals surface area contributed by atoms with E-state index in [2.05, 4.69) is 52.2 Å². The lowest BCUT2D eigenvalue weighted by Crippen LogP contribution is -2.20. The zero-order chi connectivity index (χ0) is 19.2. The lowest BCUT2D eigenvalue weighted by atomic mass is 10.1. The molecule has 1 atom stereocenters. The monoisotopic (exact) mass is 386 g/mol. The topological polar surface area (TPSA) is 53.1 Å². The van der Waals surface area contributed by atoms with E-state index in [1.807, 2.05) is 35.8 Å². The smallest absolute Gasteiger partial charge is 0.195 e. The Kier molecular flexibility index (Phi) is 5.69. The van der Waals surface area contributed by atoms with Crippen LogP contribution in [0.4, 0.5) is 5.82 Å². The molecule has 2 aromatic heterocycles. The van der Waals surface area contributed by atoms with Gasteiger partial charge in [-0.05, 0) is 36.8 Å². The molecular weight excluding hydrogens is 364 g/mol. The summed E-state index contributed by atoms with van der Waals surface area (Å²) in [7, 11) is 0. The molecule has 1 unspecified atom stereocenters. The van der Waals surface area contributed by atoms with Crippen molar-refractivity contribution in [3.63, 3.8) is 0 Å². The highest BCUT2D eigenvalue weighted by molar-refractivity contribution is 7.15. The molecule has 5 heteroatoms. The second kappa shape index (κ2) is 8.73. The third kappa shape index (κ3) is 4.24. The Morgan fingerprint density at radius 1 is 0.964 bits per heavy atom. The first-order chi connectivity index (χ1) is 13.8. The van der Waals surface area contributed by atoms with Crippen molar-refractivity contribution in [1.82, 2.24) is 9.38 Å². The Hall–Kier alpha value is -3.10. The standard InChI is InChI=1S/C23H22N4S/c24-17-20(13-11-18-7-3-1-4-8-18)25-22-21(26-23-27(22)15-16-28-23)14-12-19-9-5-2-6-10-19/h1-10,15-16,20,25H,11-14H2. The van der Waals surface area contributed by atoms with Crippen LogP contribution in [0.2, 0.25) is 0 Å². The van der Waals surface area contributed by atoms with E-state index in [-0.39, 0.29) is 6.04 Å². The van der Waals surface area contributed by atoms with Crippen LogP contribution in [-0.2, 0) is 19.3 Å². The Morgan fingerprint density at radius 3 is 2.32 bits per heavy atom. The zero-order valence-electron chi connectivity index (χ0n) is 15.6. The van der Waals surface area contributed by atoms with Crippen LogP contribution in [-0.4, -0.2) is 15.4 Å². The minimum absolute atomic E-state index is 0.254. The molecule has 0 fully saturated rings. The predicted molar refractivity (Wildman–Crippen MR) is 115 cm³/mol. The number of imidazole rings is 1. The number of nitrogens with one attached hydrogen (secondary N) is 1. The van der Waals surface area contributed by atoms with Crippen LogP contribution in [0.1, 0.15) is 23.2 Å². The van der Waals surface area contributed by atoms with Gasteiger partial charge in [-0.1, -0.05) is 60.7 Å². The van der Waals surface area contributed by atoms with Gasteiger partial charge >= 0.3 is 0 Å². The molecule has 140 valence electrons. The number of aromatic nitrogens is 2. The van der Waals surface area contributed by atoms with Gasteiger partial charge in [-0.15, -0.1) is 11.3 Å². The van der Waals surface area contributed by atoms with Crippen molar-refractivity contribution in [3.8, 4) is 6.07 Å². The van der Waals surface area contributed by atoms with Gasteiger partial charge in [0.25, 0.3) is 0 Å². The number of rotatable bonds is 8. The first-order valence-corrected chi connectivity index (χ1v) is 10.4. The maximum absolute atomic E-state index is 9.68. The molecule has 0 saturated carbocycles. The molecule has 0 saturated heterocycles. The third-order valence-corrected chi connectivity index (χ3v) is 5.62. The molecule has 0 bridgehead atoms. The molecule has 2 heterocycles. The minimum atomic E-state index is -0.254. The Balaban J connectivity index is 1.49. The molecule has 0 radical (unpaired) electrons. The molecule has 4 nitrogen and oxygen atoms in total. The van der Waals surface area contributed by atoms with Crippen molar-refractivity contribution in [2.24, 2.45) is 0 Å². The molecule has 0 aliphatic rings. The normalized spacial score (nSPS) is 12.0. The van der Waals surface area contributed by atoms with E-state index in [9.17, 15) is 5.26 Å². The summed E-state index contributed by atoms with van der Waals surface area (Å²) in [5.74, 6) is 0.951. The van der Waals surface area contributed by atoms with Crippen LogP contribution in [0.3, 0.4) is 0 Å². The fourth-order valence-electron chi connectivity index (χ4n) is 3.35. The van der Waals surface area contributed by atoms with Gasteiger partial charge in [0.05, 0.1) is 11.8 Å². The van der Waals surface area contributed by atoms with Crippen molar-refractivity contribution < 1.29 is 0 Å². The molecule has 2 aromatic carbocycles. The first-order valence-electron chi connectivity index (χ1n) is 9.52. The maximum atomic E-state index is 9.68. The highest BCUT2D eigenvalue weighted by Gasteiger charge is 2.17. The molecule has 1 N–H and O–H groups in total. The quantitative estimate of drug-likeness (QED) is 0.457.